The van der Waals surface area contributed by atoms with Crippen molar-refractivity contribution >= 4 is 11.7 Å². The molecule has 1 N–H and O–H groups in total. The van der Waals surface area contributed by atoms with Gasteiger partial charge in [0.2, 0.25) is 5.91 Å². The average Bonchev–Trinajstić information content (AvgIpc) is 3.12. The van der Waals surface area contributed by atoms with Gasteiger partial charge in [0.05, 0.1) is 31.3 Å². The first-order valence-electron chi connectivity index (χ1n) is 12.5. The molecule has 2 aromatic carbocycles. The van der Waals surface area contributed by atoms with Gasteiger partial charge < -0.3 is 14.5 Å². The van der Waals surface area contributed by atoms with Crippen molar-refractivity contribution in [2.75, 3.05) is 31.6 Å². The number of pyridine rings is 1. The van der Waals surface area contributed by atoms with Crippen LogP contribution in [-0.2, 0) is 4.79 Å². The Morgan fingerprint density at radius 3 is 2.68 bits per heavy atom. The van der Waals surface area contributed by atoms with Gasteiger partial charge in [0.15, 0.2) is 11.6 Å². The topological polar surface area (TPSA) is 81.5 Å². The van der Waals surface area contributed by atoms with Gasteiger partial charge in [0.25, 0.3) is 0 Å². The molecule has 8 heteroatoms. The van der Waals surface area contributed by atoms with Crippen LogP contribution in [0.3, 0.4) is 0 Å². The summed E-state index contributed by atoms with van der Waals surface area (Å²) in [5, 5.41) is 12.5. The van der Waals surface area contributed by atoms with Crippen LogP contribution in [0.1, 0.15) is 36.1 Å². The van der Waals surface area contributed by atoms with E-state index in [9.17, 15) is 9.18 Å². The van der Waals surface area contributed by atoms with E-state index in [1.54, 1.807) is 18.3 Å². The van der Waals surface area contributed by atoms with Gasteiger partial charge >= 0.3 is 0 Å². The van der Waals surface area contributed by atoms with Gasteiger partial charge in [-0.2, -0.15) is 5.26 Å². The highest BCUT2D eigenvalue weighted by molar-refractivity contribution is 5.79. The highest BCUT2D eigenvalue weighted by Gasteiger charge is 2.46. The second kappa shape index (κ2) is 10.6. The summed E-state index contributed by atoms with van der Waals surface area (Å²) >= 11 is 0. The molecule has 2 saturated heterocycles. The van der Waals surface area contributed by atoms with E-state index in [0.29, 0.717) is 30.1 Å². The molecule has 5 rings (SSSR count). The van der Waals surface area contributed by atoms with Gasteiger partial charge in [-0.1, -0.05) is 49.4 Å². The van der Waals surface area contributed by atoms with E-state index in [-0.39, 0.29) is 30.3 Å². The molecule has 4 atom stereocenters. The number of methoxy groups -OCH3 is 1. The predicted molar refractivity (Wildman–Crippen MR) is 139 cm³/mol. The van der Waals surface area contributed by atoms with Crippen LogP contribution in [0.2, 0.25) is 0 Å². The van der Waals surface area contributed by atoms with Gasteiger partial charge in [-0.3, -0.25) is 10.1 Å². The molecule has 37 heavy (non-hydrogen) atoms. The van der Waals surface area contributed by atoms with Crippen molar-refractivity contribution in [2.24, 2.45) is 5.92 Å². The number of aromatic nitrogens is 1. The fourth-order valence-corrected chi connectivity index (χ4v) is 5.72. The predicted octanol–water partition coefficient (Wildman–Crippen LogP) is 3.91. The lowest BCUT2D eigenvalue weighted by Crippen LogP contribution is -2.57. The second-order valence-electron chi connectivity index (χ2n) is 9.74. The molecule has 3 unspecified atom stereocenters. The summed E-state index contributed by atoms with van der Waals surface area (Å²) in [6.07, 6.45) is 2.59. The third-order valence-electron chi connectivity index (χ3n) is 7.49. The third kappa shape index (κ3) is 4.87. The molecular weight excluding hydrogens is 469 g/mol. The van der Waals surface area contributed by atoms with Crippen molar-refractivity contribution in [1.82, 2.24) is 15.2 Å². The smallest absolute Gasteiger partial charge is 0.236 e. The Morgan fingerprint density at radius 2 is 2.00 bits per heavy atom. The van der Waals surface area contributed by atoms with E-state index in [1.165, 1.54) is 13.2 Å². The molecule has 7 nitrogen and oxygen atoms in total. The van der Waals surface area contributed by atoms with Crippen LogP contribution in [0.4, 0.5) is 10.2 Å². The Kier molecular flexibility index (Phi) is 7.06. The summed E-state index contributed by atoms with van der Waals surface area (Å²) in [5.41, 5.74) is 2.10. The molecule has 0 saturated carbocycles. The summed E-state index contributed by atoms with van der Waals surface area (Å²) in [6.45, 7) is 3.55. The quantitative estimate of drug-likeness (QED) is 0.531. The highest BCUT2D eigenvalue weighted by atomic mass is 19.1. The number of likely N-dealkylation sites (tertiary alicyclic amines) is 1. The van der Waals surface area contributed by atoms with Crippen LogP contribution in [0, 0.1) is 23.1 Å². The molecule has 3 aromatic rings. The average molecular weight is 500 g/mol. The van der Waals surface area contributed by atoms with Crippen molar-refractivity contribution in [1.29, 1.82) is 5.26 Å². The normalized spacial score (nSPS) is 21.4. The number of carbonyl (C=O) groups is 1. The van der Waals surface area contributed by atoms with Crippen LogP contribution in [0.15, 0.2) is 66.9 Å². The molecule has 2 bridgehead atoms. The van der Waals surface area contributed by atoms with Crippen LogP contribution in [-0.4, -0.2) is 54.6 Å². The Morgan fingerprint density at radius 1 is 1.19 bits per heavy atom. The van der Waals surface area contributed by atoms with Gasteiger partial charge in [0.1, 0.15) is 11.9 Å². The maximum Gasteiger partial charge on any atom is 0.236 e. The molecule has 2 aliphatic rings. The number of halogens is 1. The van der Waals surface area contributed by atoms with E-state index in [1.807, 2.05) is 47.4 Å². The van der Waals surface area contributed by atoms with Crippen molar-refractivity contribution in [2.45, 2.75) is 31.5 Å². The molecule has 0 radical (unpaired) electrons. The second-order valence-corrected chi connectivity index (χ2v) is 9.74. The largest absolute Gasteiger partial charge is 0.493 e. The molecule has 2 aliphatic heterocycles. The number of hydrogen-bond acceptors (Lipinski definition) is 6. The molecule has 0 spiro atoms. The molecule has 1 aromatic heterocycles. The SMILES string of the molecule is COc1c(F)cccc1C(NCC(=O)N1CC2C[C@H](C)C(C1)N2c1ccc(C#N)cn1)c1ccccc1. The first kappa shape index (κ1) is 24.7. The van der Waals surface area contributed by atoms with E-state index in [4.69, 9.17) is 10.00 Å². The van der Waals surface area contributed by atoms with E-state index in [2.05, 4.69) is 28.2 Å². The maximum atomic E-state index is 14.5. The molecule has 1 amide bonds. The number of nitriles is 1. The zero-order valence-electron chi connectivity index (χ0n) is 21.0. The number of para-hydroxylation sites is 1. The first-order valence-corrected chi connectivity index (χ1v) is 12.5. The minimum atomic E-state index is -0.438. The number of hydrogen-bond donors (Lipinski definition) is 1. The Bertz CT molecular complexity index is 1290. The lowest BCUT2D eigenvalue weighted by Gasteiger charge is -2.42. The Labute approximate surface area is 216 Å². The molecule has 0 aliphatic carbocycles. The van der Waals surface area contributed by atoms with E-state index >= 15 is 0 Å². The fourth-order valence-electron chi connectivity index (χ4n) is 5.72. The minimum absolute atomic E-state index is 0.00726. The summed E-state index contributed by atoms with van der Waals surface area (Å²) in [6, 6.07) is 20.3. The number of carbonyl (C=O) groups excluding carboxylic acids is 1. The highest BCUT2D eigenvalue weighted by Crippen LogP contribution is 2.38. The van der Waals surface area contributed by atoms with Gasteiger partial charge in [-0.05, 0) is 36.1 Å². The number of nitrogens with zero attached hydrogens (tertiary/aromatic N) is 4. The zero-order valence-corrected chi connectivity index (χ0v) is 21.0. The monoisotopic (exact) mass is 499 g/mol. The third-order valence-corrected chi connectivity index (χ3v) is 7.49. The number of piperazine rings is 1. The van der Waals surface area contributed by atoms with Crippen LogP contribution < -0.4 is 15.0 Å². The van der Waals surface area contributed by atoms with Crippen molar-refractivity contribution < 1.29 is 13.9 Å². The van der Waals surface area contributed by atoms with Crippen LogP contribution in [0.5, 0.6) is 5.75 Å². The number of ether oxygens (including phenoxy) is 1. The Hall–Kier alpha value is -3.96. The summed E-state index contributed by atoms with van der Waals surface area (Å²) < 4.78 is 19.9. The van der Waals surface area contributed by atoms with E-state index in [0.717, 1.165) is 17.8 Å². The number of nitrogens with one attached hydrogen (secondary N) is 1. The summed E-state index contributed by atoms with van der Waals surface area (Å²) in [4.78, 5) is 22.2. The lowest BCUT2D eigenvalue weighted by molar-refractivity contribution is -0.131. The summed E-state index contributed by atoms with van der Waals surface area (Å²) in [5.74, 6) is 1.01. The molecular formula is C29H30FN5O2. The van der Waals surface area contributed by atoms with Crippen molar-refractivity contribution in [3.05, 3.63) is 89.4 Å². The number of anilines is 1. The number of amides is 1. The van der Waals surface area contributed by atoms with E-state index < -0.39 is 11.9 Å². The number of rotatable bonds is 7. The molecule has 3 heterocycles. The molecule has 2 fully saturated rings. The minimum Gasteiger partial charge on any atom is -0.493 e. The van der Waals surface area contributed by atoms with Crippen LogP contribution in [0.25, 0.3) is 0 Å². The Balaban J connectivity index is 1.32. The van der Waals surface area contributed by atoms with Crippen LogP contribution >= 0.6 is 0 Å². The zero-order chi connectivity index (χ0) is 25.9. The number of fused-ring (bicyclic) bond motifs is 2. The maximum absolute atomic E-state index is 14.5. The van der Waals surface area contributed by atoms with Crippen molar-refractivity contribution in [3.63, 3.8) is 0 Å². The van der Waals surface area contributed by atoms with Gasteiger partial charge in [-0.25, -0.2) is 9.37 Å². The lowest BCUT2D eigenvalue weighted by atomic mass is 9.97. The standard InChI is InChI=1S/C29H30FN5O2/c1-19-13-22-17-34(18-25(19)35(22)26-12-11-20(14-31)15-32-26)27(36)16-33-28(21-7-4-3-5-8-21)23-9-6-10-24(30)29(23)37-2/h3-12,15,19,22,25,28,33H,13,16-18H2,1-2H3/t19-,22?,25?,28?/m0/s1. The van der Waals surface area contributed by atoms with Gasteiger partial charge in [-0.15, -0.1) is 0 Å². The summed E-state index contributed by atoms with van der Waals surface area (Å²) in [7, 11) is 1.45. The molecule has 190 valence electrons. The first-order chi connectivity index (χ1) is 18.0. The number of benzene rings is 2. The fraction of sp³-hybridized carbons (Fsp3) is 0.345. The van der Waals surface area contributed by atoms with Gasteiger partial charge in [0, 0.05) is 30.9 Å². The van der Waals surface area contributed by atoms with Crippen molar-refractivity contribution in [3.8, 4) is 11.8 Å².